The summed E-state index contributed by atoms with van der Waals surface area (Å²) in [6, 6.07) is 0. The molecule has 1 atom stereocenters. The molecule has 1 aliphatic rings. The topological polar surface area (TPSA) is 83.5 Å². The zero-order chi connectivity index (χ0) is 14.3. The Bertz CT molecular complexity index is 351. The molecule has 0 heterocycles. The van der Waals surface area contributed by atoms with Gasteiger partial charge in [-0.1, -0.05) is 26.2 Å². The van der Waals surface area contributed by atoms with Gasteiger partial charge in [0.05, 0.1) is 5.41 Å². The third-order valence-electron chi connectivity index (χ3n) is 3.74. The van der Waals surface area contributed by atoms with E-state index in [9.17, 15) is 18.9 Å². The van der Waals surface area contributed by atoms with Crippen molar-refractivity contribution in [3.63, 3.8) is 0 Å². The first kappa shape index (κ1) is 16.1. The van der Waals surface area contributed by atoms with E-state index in [-0.39, 0.29) is 12.3 Å². The fourth-order valence-corrected chi connectivity index (χ4v) is 3.13. The molecule has 0 bridgehead atoms. The molecule has 1 amide bonds. The molecule has 0 aromatic carbocycles. The monoisotopic (exact) mass is 289 g/mol. The molecule has 0 saturated heterocycles. The maximum absolute atomic E-state index is 11.8. The van der Waals surface area contributed by atoms with Crippen LogP contribution in [0.25, 0.3) is 0 Å². The number of hydrogen-bond donors (Lipinski definition) is 2. The van der Waals surface area contributed by atoms with Crippen LogP contribution in [0.2, 0.25) is 0 Å². The second kappa shape index (κ2) is 7.62. The molecule has 0 aromatic heterocycles. The third-order valence-corrected chi connectivity index (χ3v) is 5.04. The second-order valence-electron chi connectivity index (χ2n) is 5.11. The number of amides is 1. The van der Waals surface area contributed by atoms with Crippen molar-refractivity contribution in [3.8, 4) is 0 Å². The first-order valence-corrected chi connectivity index (χ1v) is 8.34. The predicted molar refractivity (Wildman–Crippen MR) is 74.3 cm³/mol. The smallest absolute Gasteiger partial charge is 0.310 e. The number of aliphatic carboxylic acids is 1. The van der Waals surface area contributed by atoms with E-state index < -0.39 is 22.2 Å². The van der Waals surface area contributed by atoms with Crippen molar-refractivity contribution in [2.24, 2.45) is 5.41 Å². The van der Waals surface area contributed by atoms with Crippen molar-refractivity contribution >= 4 is 22.7 Å². The highest BCUT2D eigenvalue weighted by molar-refractivity contribution is 7.84. The van der Waals surface area contributed by atoms with Crippen LogP contribution < -0.4 is 5.32 Å². The number of rotatable bonds is 7. The van der Waals surface area contributed by atoms with Gasteiger partial charge in [0.15, 0.2) is 0 Å². The first-order chi connectivity index (χ1) is 9.00. The van der Waals surface area contributed by atoms with E-state index in [1.165, 1.54) is 0 Å². The minimum atomic E-state index is -0.900. The summed E-state index contributed by atoms with van der Waals surface area (Å²) < 4.78 is 11.2. The predicted octanol–water partition coefficient (Wildman–Crippen LogP) is 1.30. The van der Waals surface area contributed by atoms with E-state index in [0.717, 1.165) is 19.3 Å². The standard InChI is InChI=1S/C13H23NO4S/c1-2-19(18)9-8-14-11(15)10-13(12(16)17)6-4-3-5-7-13/h2-10H2,1H3,(H,14,15)(H,16,17). The summed E-state index contributed by atoms with van der Waals surface area (Å²) in [4.78, 5) is 23.2. The molecule has 0 spiro atoms. The Morgan fingerprint density at radius 2 is 1.89 bits per heavy atom. The molecule has 1 aliphatic carbocycles. The molecule has 1 rings (SSSR count). The van der Waals surface area contributed by atoms with Gasteiger partial charge in [-0.05, 0) is 12.8 Å². The van der Waals surface area contributed by atoms with E-state index in [0.29, 0.717) is 30.9 Å². The van der Waals surface area contributed by atoms with Gasteiger partial charge < -0.3 is 10.4 Å². The van der Waals surface area contributed by atoms with Crippen LogP contribution >= 0.6 is 0 Å². The number of hydrogen-bond acceptors (Lipinski definition) is 3. The lowest BCUT2D eigenvalue weighted by molar-refractivity contribution is -0.154. The summed E-state index contributed by atoms with van der Waals surface area (Å²) in [5.74, 6) is -0.0889. The lowest BCUT2D eigenvalue weighted by Gasteiger charge is -2.32. The number of carbonyl (C=O) groups is 2. The van der Waals surface area contributed by atoms with E-state index in [1.807, 2.05) is 6.92 Å². The van der Waals surface area contributed by atoms with E-state index in [4.69, 9.17) is 0 Å². The lowest BCUT2D eigenvalue weighted by Crippen LogP contribution is -2.40. The average Bonchev–Trinajstić information content (AvgIpc) is 2.39. The highest BCUT2D eigenvalue weighted by atomic mass is 32.2. The summed E-state index contributed by atoms with van der Waals surface area (Å²) in [5.41, 5.74) is -0.883. The van der Waals surface area contributed by atoms with Gasteiger partial charge in [-0.25, -0.2) is 0 Å². The summed E-state index contributed by atoms with van der Waals surface area (Å²) in [7, 11) is -0.900. The van der Waals surface area contributed by atoms with Crippen LogP contribution in [0, 0.1) is 5.41 Å². The number of carboxylic acids is 1. The fourth-order valence-electron chi connectivity index (χ4n) is 2.51. The Morgan fingerprint density at radius 1 is 1.26 bits per heavy atom. The molecule has 110 valence electrons. The van der Waals surface area contributed by atoms with E-state index >= 15 is 0 Å². The molecule has 6 heteroatoms. The number of carbonyl (C=O) groups excluding carboxylic acids is 1. The van der Waals surface area contributed by atoms with Crippen LogP contribution in [0.5, 0.6) is 0 Å². The first-order valence-electron chi connectivity index (χ1n) is 6.85. The molecule has 0 radical (unpaired) electrons. The molecule has 2 N–H and O–H groups in total. The molecule has 0 aromatic rings. The van der Waals surface area contributed by atoms with Gasteiger partial charge in [0.25, 0.3) is 0 Å². The van der Waals surface area contributed by atoms with Gasteiger partial charge in [0.2, 0.25) is 5.91 Å². The van der Waals surface area contributed by atoms with Crippen molar-refractivity contribution in [1.82, 2.24) is 5.32 Å². The maximum Gasteiger partial charge on any atom is 0.310 e. The van der Waals surface area contributed by atoms with Gasteiger partial charge in [0.1, 0.15) is 0 Å². The SMILES string of the molecule is CCS(=O)CCNC(=O)CC1(C(=O)O)CCCCC1. The molecule has 19 heavy (non-hydrogen) atoms. The van der Waals surface area contributed by atoms with E-state index in [1.54, 1.807) is 0 Å². The van der Waals surface area contributed by atoms with Gasteiger partial charge in [0, 0.05) is 35.3 Å². The minimum Gasteiger partial charge on any atom is -0.481 e. The normalized spacial score (nSPS) is 19.6. The number of nitrogens with one attached hydrogen (secondary N) is 1. The second-order valence-corrected chi connectivity index (χ2v) is 6.97. The highest BCUT2D eigenvalue weighted by Gasteiger charge is 2.41. The van der Waals surface area contributed by atoms with Crippen molar-refractivity contribution in [3.05, 3.63) is 0 Å². The molecular formula is C13H23NO4S. The van der Waals surface area contributed by atoms with Gasteiger partial charge in [-0.15, -0.1) is 0 Å². The van der Waals surface area contributed by atoms with Gasteiger partial charge >= 0.3 is 5.97 Å². The van der Waals surface area contributed by atoms with Crippen molar-refractivity contribution < 1.29 is 18.9 Å². The largest absolute Gasteiger partial charge is 0.481 e. The van der Waals surface area contributed by atoms with Gasteiger partial charge in [-0.3, -0.25) is 13.8 Å². The van der Waals surface area contributed by atoms with Crippen molar-refractivity contribution in [2.45, 2.75) is 45.4 Å². The Hall–Kier alpha value is -0.910. The summed E-state index contributed by atoms with van der Waals surface area (Å²) >= 11 is 0. The highest BCUT2D eigenvalue weighted by Crippen LogP contribution is 2.39. The zero-order valence-corrected chi connectivity index (χ0v) is 12.3. The minimum absolute atomic E-state index is 0.0428. The van der Waals surface area contributed by atoms with Crippen LogP contribution in [0.3, 0.4) is 0 Å². The third kappa shape index (κ3) is 4.93. The van der Waals surface area contributed by atoms with Crippen LogP contribution in [0.15, 0.2) is 0 Å². The van der Waals surface area contributed by atoms with Crippen LogP contribution in [-0.4, -0.2) is 39.2 Å². The number of carboxylic acid groups (broad SMARTS) is 1. The summed E-state index contributed by atoms with van der Waals surface area (Å²) in [6.07, 6.45) is 4.00. The maximum atomic E-state index is 11.8. The Balaban J connectivity index is 2.44. The Labute approximate surface area is 116 Å². The fraction of sp³-hybridized carbons (Fsp3) is 0.846. The summed E-state index contributed by atoms with van der Waals surface area (Å²) in [5, 5.41) is 12.0. The van der Waals surface area contributed by atoms with E-state index in [2.05, 4.69) is 5.32 Å². The zero-order valence-electron chi connectivity index (χ0n) is 11.4. The molecule has 5 nitrogen and oxygen atoms in total. The Kier molecular flexibility index (Phi) is 6.48. The van der Waals surface area contributed by atoms with Crippen LogP contribution in [0.1, 0.15) is 45.4 Å². The van der Waals surface area contributed by atoms with Crippen molar-refractivity contribution in [2.75, 3.05) is 18.1 Å². The molecule has 1 fully saturated rings. The molecule has 1 saturated carbocycles. The molecule has 0 aliphatic heterocycles. The summed E-state index contributed by atoms with van der Waals surface area (Å²) in [6.45, 7) is 2.19. The van der Waals surface area contributed by atoms with Gasteiger partial charge in [-0.2, -0.15) is 0 Å². The average molecular weight is 289 g/mol. The van der Waals surface area contributed by atoms with Crippen LogP contribution in [-0.2, 0) is 20.4 Å². The molecular weight excluding hydrogens is 266 g/mol. The lowest BCUT2D eigenvalue weighted by atomic mass is 9.71. The van der Waals surface area contributed by atoms with Crippen LogP contribution in [0.4, 0.5) is 0 Å². The molecule has 1 unspecified atom stereocenters. The quantitative estimate of drug-likeness (QED) is 0.740. The Morgan fingerprint density at radius 3 is 2.42 bits per heavy atom. The van der Waals surface area contributed by atoms with Crippen molar-refractivity contribution in [1.29, 1.82) is 0 Å².